The van der Waals surface area contributed by atoms with E-state index >= 15 is 0 Å². The Morgan fingerprint density at radius 3 is 2.75 bits per heavy atom. The molecule has 1 heterocycles. The molecule has 3 aromatic rings. The number of rotatable bonds is 3. The fraction of sp³-hybridized carbons (Fsp3) is 0.0667. The van der Waals surface area contributed by atoms with Crippen LogP contribution in [0.15, 0.2) is 48.8 Å². The van der Waals surface area contributed by atoms with Gasteiger partial charge in [-0.15, -0.1) is 0 Å². The molecule has 0 bridgehead atoms. The van der Waals surface area contributed by atoms with Crippen LogP contribution in [0.25, 0.3) is 11.0 Å². The van der Waals surface area contributed by atoms with Gasteiger partial charge in [-0.2, -0.15) is 0 Å². The van der Waals surface area contributed by atoms with E-state index in [2.05, 4.69) is 15.3 Å². The number of anilines is 1. The summed E-state index contributed by atoms with van der Waals surface area (Å²) < 4.78 is 5.06. The number of methoxy groups -OCH3 is 1. The maximum atomic E-state index is 12.1. The molecule has 0 aliphatic carbocycles. The highest BCUT2D eigenvalue weighted by atomic mass is 16.5. The van der Waals surface area contributed by atoms with Crippen LogP contribution in [0.5, 0.6) is 5.75 Å². The number of amides is 1. The third-order valence-corrected chi connectivity index (χ3v) is 3.03. The van der Waals surface area contributed by atoms with Crippen molar-refractivity contribution in [3.63, 3.8) is 0 Å². The molecule has 5 heteroatoms. The molecule has 0 aliphatic heterocycles. The van der Waals surface area contributed by atoms with Crippen molar-refractivity contribution in [2.75, 3.05) is 12.4 Å². The highest BCUT2D eigenvalue weighted by Gasteiger charge is 2.07. The lowest BCUT2D eigenvalue weighted by Crippen LogP contribution is -2.11. The lowest BCUT2D eigenvalue weighted by atomic mass is 10.2. The summed E-state index contributed by atoms with van der Waals surface area (Å²) in [6.07, 6.45) is 1.62. The van der Waals surface area contributed by atoms with Gasteiger partial charge in [0, 0.05) is 11.3 Å². The monoisotopic (exact) mass is 267 g/mol. The predicted molar refractivity (Wildman–Crippen MR) is 77.0 cm³/mol. The summed E-state index contributed by atoms with van der Waals surface area (Å²) in [7, 11) is 1.59. The van der Waals surface area contributed by atoms with E-state index in [1.54, 1.807) is 37.7 Å². The van der Waals surface area contributed by atoms with E-state index in [0.29, 0.717) is 5.56 Å². The van der Waals surface area contributed by atoms with Crippen molar-refractivity contribution in [2.45, 2.75) is 0 Å². The molecule has 1 amide bonds. The summed E-state index contributed by atoms with van der Waals surface area (Å²) in [4.78, 5) is 19.3. The number of aromatic amines is 1. The van der Waals surface area contributed by atoms with Crippen LogP contribution in [0.2, 0.25) is 0 Å². The maximum absolute atomic E-state index is 12.1. The SMILES string of the molecule is COc1ccc(C(=O)Nc2ccc3nc[nH]c3c2)cc1. The lowest BCUT2D eigenvalue weighted by molar-refractivity contribution is 0.102. The van der Waals surface area contributed by atoms with Crippen molar-refractivity contribution >= 4 is 22.6 Å². The largest absolute Gasteiger partial charge is 0.497 e. The van der Waals surface area contributed by atoms with E-state index in [4.69, 9.17) is 4.74 Å². The fourth-order valence-electron chi connectivity index (χ4n) is 1.96. The molecule has 5 nitrogen and oxygen atoms in total. The van der Waals surface area contributed by atoms with Crippen LogP contribution in [-0.2, 0) is 0 Å². The smallest absolute Gasteiger partial charge is 0.255 e. The van der Waals surface area contributed by atoms with Gasteiger partial charge in [-0.25, -0.2) is 4.98 Å². The van der Waals surface area contributed by atoms with Gasteiger partial charge in [0.05, 0.1) is 24.5 Å². The summed E-state index contributed by atoms with van der Waals surface area (Å²) in [5, 5.41) is 2.85. The van der Waals surface area contributed by atoms with E-state index in [1.807, 2.05) is 18.2 Å². The molecule has 1 aromatic heterocycles. The summed E-state index contributed by atoms with van der Waals surface area (Å²) in [5.41, 5.74) is 3.06. The zero-order valence-electron chi connectivity index (χ0n) is 10.9. The molecular weight excluding hydrogens is 254 g/mol. The maximum Gasteiger partial charge on any atom is 0.255 e. The van der Waals surface area contributed by atoms with Crippen LogP contribution in [0.3, 0.4) is 0 Å². The van der Waals surface area contributed by atoms with Crippen molar-refractivity contribution in [3.8, 4) is 5.75 Å². The number of aromatic nitrogens is 2. The van der Waals surface area contributed by atoms with Crippen LogP contribution in [0.1, 0.15) is 10.4 Å². The average molecular weight is 267 g/mol. The Balaban J connectivity index is 1.80. The van der Waals surface area contributed by atoms with Gasteiger partial charge in [-0.05, 0) is 42.5 Å². The van der Waals surface area contributed by atoms with Gasteiger partial charge >= 0.3 is 0 Å². The molecule has 20 heavy (non-hydrogen) atoms. The second-order valence-electron chi connectivity index (χ2n) is 4.32. The molecule has 2 aromatic carbocycles. The van der Waals surface area contributed by atoms with Gasteiger partial charge < -0.3 is 15.0 Å². The summed E-state index contributed by atoms with van der Waals surface area (Å²) in [6, 6.07) is 12.5. The second-order valence-corrected chi connectivity index (χ2v) is 4.32. The van der Waals surface area contributed by atoms with Gasteiger partial charge in [0.1, 0.15) is 5.75 Å². The third-order valence-electron chi connectivity index (χ3n) is 3.03. The van der Waals surface area contributed by atoms with Crippen LogP contribution in [0.4, 0.5) is 5.69 Å². The van der Waals surface area contributed by atoms with E-state index in [9.17, 15) is 4.79 Å². The van der Waals surface area contributed by atoms with Gasteiger partial charge in [0.25, 0.3) is 5.91 Å². The fourth-order valence-corrected chi connectivity index (χ4v) is 1.96. The number of carbonyl (C=O) groups is 1. The molecule has 3 rings (SSSR count). The Morgan fingerprint density at radius 2 is 2.00 bits per heavy atom. The van der Waals surface area contributed by atoms with Crippen LogP contribution in [-0.4, -0.2) is 23.0 Å². The number of ether oxygens (including phenoxy) is 1. The van der Waals surface area contributed by atoms with Crippen LogP contribution in [0, 0.1) is 0 Å². The zero-order chi connectivity index (χ0) is 13.9. The van der Waals surface area contributed by atoms with Crippen molar-refractivity contribution in [1.29, 1.82) is 0 Å². The first kappa shape index (κ1) is 12.2. The van der Waals surface area contributed by atoms with E-state index in [1.165, 1.54) is 0 Å². The Kier molecular flexibility index (Phi) is 3.09. The van der Waals surface area contributed by atoms with Crippen molar-refractivity contribution in [3.05, 3.63) is 54.4 Å². The molecule has 0 spiro atoms. The van der Waals surface area contributed by atoms with Gasteiger partial charge in [-0.1, -0.05) is 0 Å². The van der Waals surface area contributed by atoms with E-state index in [0.717, 1.165) is 22.5 Å². The number of hydrogen-bond acceptors (Lipinski definition) is 3. The number of carbonyl (C=O) groups excluding carboxylic acids is 1. The molecule has 0 radical (unpaired) electrons. The number of H-pyrrole nitrogens is 1. The zero-order valence-corrected chi connectivity index (χ0v) is 10.9. The molecule has 0 fully saturated rings. The summed E-state index contributed by atoms with van der Waals surface area (Å²) in [6.45, 7) is 0. The Bertz CT molecular complexity index is 747. The summed E-state index contributed by atoms with van der Waals surface area (Å²) in [5.74, 6) is 0.562. The molecular formula is C15H13N3O2. The number of benzene rings is 2. The molecule has 0 unspecified atom stereocenters. The topological polar surface area (TPSA) is 67.0 Å². The molecule has 0 atom stereocenters. The first-order valence-corrected chi connectivity index (χ1v) is 6.15. The minimum absolute atomic E-state index is 0.161. The number of nitrogens with one attached hydrogen (secondary N) is 2. The molecule has 0 saturated heterocycles. The van der Waals surface area contributed by atoms with Crippen molar-refractivity contribution in [2.24, 2.45) is 0 Å². The van der Waals surface area contributed by atoms with Gasteiger partial charge in [0.2, 0.25) is 0 Å². The number of fused-ring (bicyclic) bond motifs is 1. The minimum atomic E-state index is -0.161. The number of imidazole rings is 1. The normalized spacial score (nSPS) is 10.4. The third kappa shape index (κ3) is 2.33. The minimum Gasteiger partial charge on any atom is -0.497 e. The predicted octanol–water partition coefficient (Wildman–Crippen LogP) is 2.82. The Morgan fingerprint density at radius 1 is 1.20 bits per heavy atom. The molecule has 0 saturated carbocycles. The van der Waals surface area contributed by atoms with Crippen LogP contribution >= 0.6 is 0 Å². The Hall–Kier alpha value is -2.82. The Labute approximate surface area is 115 Å². The van der Waals surface area contributed by atoms with Gasteiger partial charge in [0.15, 0.2) is 0 Å². The number of nitrogens with zero attached hydrogens (tertiary/aromatic N) is 1. The molecule has 100 valence electrons. The number of hydrogen-bond donors (Lipinski definition) is 2. The van der Waals surface area contributed by atoms with Crippen molar-refractivity contribution < 1.29 is 9.53 Å². The highest BCUT2D eigenvalue weighted by molar-refractivity contribution is 6.05. The van der Waals surface area contributed by atoms with Crippen molar-refractivity contribution in [1.82, 2.24) is 9.97 Å². The van der Waals surface area contributed by atoms with E-state index < -0.39 is 0 Å². The van der Waals surface area contributed by atoms with E-state index in [-0.39, 0.29) is 5.91 Å². The second kappa shape index (κ2) is 5.05. The standard InChI is InChI=1S/C15H13N3O2/c1-20-12-5-2-10(3-6-12)15(19)18-11-4-7-13-14(8-11)17-9-16-13/h2-9H,1H3,(H,16,17)(H,18,19). The average Bonchev–Trinajstić information content (AvgIpc) is 2.95. The van der Waals surface area contributed by atoms with Gasteiger partial charge in [-0.3, -0.25) is 4.79 Å². The quantitative estimate of drug-likeness (QED) is 0.766. The molecule has 0 aliphatic rings. The molecule has 2 N–H and O–H groups in total. The lowest BCUT2D eigenvalue weighted by Gasteiger charge is -2.06. The summed E-state index contributed by atoms with van der Waals surface area (Å²) >= 11 is 0. The first-order valence-electron chi connectivity index (χ1n) is 6.15. The highest BCUT2D eigenvalue weighted by Crippen LogP contribution is 2.17. The van der Waals surface area contributed by atoms with Crippen LogP contribution < -0.4 is 10.1 Å². The first-order chi connectivity index (χ1) is 9.76.